The van der Waals surface area contributed by atoms with Crippen LogP contribution in [-0.4, -0.2) is 47.4 Å². The number of hydrogen-bond donors (Lipinski definition) is 2. The van der Waals surface area contributed by atoms with Crippen LogP contribution in [0.2, 0.25) is 0 Å². The molecule has 3 N–H and O–H groups in total. The van der Waals surface area contributed by atoms with E-state index in [0.717, 1.165) is 11.1 Å². The predicted molar refractivity (Wildman–Crippen MR) is 111 cm³/mol. The number of para-hydroxylation sites is 2. The van der Waals surface area contributed by atoms with Gasteiger partial charge in [0.05, 0.1) is 30.4 Å². The molecule has 0 saturated carbocycles. The zero-order valence-electron chi connectivity index (χ0n) is 16.9. The van der Waals surface area contributed by atoms with Gasteiger partial charge in [0, 0.05) is 6.54 Å². The van der Waals surface area contributed by atoms with Gasteiger partial charge >= 0.3 is 6.18 Å². The highest BCUT2D eigenvalue weighted by Gasteiger charge is 2.49. The van der Waals surface area contributed by atoms with Crippen molar-refractivity contribution in [2.45, 2.75) is 37.6 Å². The maximum Gasteiger partial charge on any atom is 0.409 e. The molecule has 0 saturated heterocycles. The fourth-order valence-electron chi connectivity index (χ4n) is 4.27. The number of nitrogens with one attached hydrogen (secondary N) is 1. The number of amides is 3. The minimum Gasteiger partial charge on any atom is -0.368 e. The van der Waals surface area contributed by atoms with Crippen LogP contribution in [-0.2, 0) is 27.3 Å². The van der Waals surface area contributed by atoms with Gasteiger partial charge < -0.3 is 11.1 Å². The molecular weight excluding hydrogens is 425 g/mol. The molecule has 32 heavy (non-hydrogen) atoms. The van der Waals surface area contributed by atoms with E-state index in [-0.39, 0.29) is 24.3 Å². The number of nitrogens with two attached hydrogens (primary N) is 1. The van der Waals surface area contributed by atoms with Crippen molar-refractivity contribution in [1.29, 1.82) is 0 Å². The standard InChI is InChI=1S/C22H21F3N4O3/c23-22(24,25)18-10-19(30)27-15-7-3-4-8-16(15)29(18)20(31)12-28-11-14-6-2-1-5-13(14)9-17(28)21(26)32/h1-8,17-18H,9-12H2,(H2,26,32)(H,27,30)/t17-,18+/m1/s1. The first-order valence-corrected chi connectivity index (χ1v) is 10.0. The summed E-state index contributed by atoms with van der Waals surface area (Å²) >= 11 is 0. The Morgan fingerprint density at radius 1 is 1.03 bits per heavy atom. The second kappa shape index (κ2) is 8.27. The van der Waals surface area contributed by atoms with Crippen molar-refractivity contribution in [3.05, 3.63) is 59.7 Å². The Labute approximate surface area is 182 Å². The van der Waals surface area contributed by atoms with Gasteiger partial charge in [-0.25, -0.2) is 0 Å². The number of rotatable bonds is 3. The van der Waals surface area contributed by atoms with E-state index < -0.39 is 48.9 Å². The molecule has 0 spiro atoms. The van der Waals surface area contributed by atoms with Crippen LogP contribution in [0.4, 0.5) is 24.5 Å². The minimum absolute atomic E-state index is 0.0429. The van der Waals surface area contributed by atoms with E-state index >= 15 is 0 Å². The molecule has 7 nitrogen and oxygen atoms in total. The lowest BCUT2D eigenvalue weighted by molar-refractivity contribution is -0.158. The average molecular weight is 446 g/mol. The molecule has 2 aliphatic heterocycles. The normalized spacial score (nSPS) is 21.2. The van der Waals surface area contributed by atoms with Crippen LogP contribution in [0.25, 0.3) is 0 Å². The second-order valence-electron chi connectivity index (χ2n) is 7.89. The lowest BCUT2D eigenvalue weighted by Gasteiger charge is -2.37. The minimum atomic E-state index is -4.83. The summed E-state index contributed by atoms with van der Waals surface area (Å²) in [4.78, 5) is 39.6. The third kappa shape index (κ3) is 4.18. The molecule has 2 aliphatic rings. The molecule has 0 unspecified atom stereocenters. The Hall–Kier alpha value is -3.40. The number of fused-ring (bicyclic) bond motifs is 2. The van der Waals surface area contributed by atoms with Crippen molar-refractivity contribution < 1.29 is 27.6 Å². The second-order valence-corrected chi connectivity index (χ2v) is 7.89. The van der Waals surface area contributed by atoms with Gasteiger partial charge in [-0.1, -0.05) is 36.4 Å². The average Bonchev–Trinajstić information content (AvgIpc) is 2.88. The first kappa shape index (κ1) is 21.8. The Bertz CT molecular complexity index is 1070. The number of hydrogen-bond acceptors (Lipinski definition) is 4. The predicted octanol–water partition coefficient (Wildman–Crippen LogP) is 2.20. The summed E-state index contributed by atoms with van der Waals surface area (Å²) < 4.78 is 41.8. The summed E-state index contributed by atoms with van der Waals surface area (Å²) in [5.41, 5.74) is 7.40. The summed E-state index contributed by atoms with van der Waals surface area (Å²) in [7, 11) is 0. The molecule has 168 valence electrons. The quantitative estimate of drug-likeness (QED) is 0.756. The first-order chi connectivity index (χ1) is 15.1. The van der Waals surface area contributed by atoms with Gasteiger partial charge in [0.15, 0.2) is 0 Å². The summed E-state index contributed by atoms with van der Waals surface area (Å²) in [6, 6.07) is 10.0. The zero-order chi connectivity index (χ0) is 23.0. The molecule has 10 heteroatoms. The van der Waals surface area contributed by atoms with E-state index in [1.165, 1.54) is 23.1 Å². The van der Waals surface area contributed by atoms with Crippen LogP contribution in [0.15, 0.2) is 48.5 Å². The summed E-state index contributed by atoms with van der Waals surface area (Å²) in [5, 5.41) is 2.43. The Kier molecular flexibility index (Phi) is 5.64. The van der Waals surface area contributed by atoms with E-state index in [2.05, 4.69) is 5.32 Å². The number of halogens is 3. The maximum absolute atomic E-state index is 13.9. The Morgan fingerprint density at radius 3 is 2.38 bits per heavy atom. The van der Waals surface area contributed by atoms with E-state index in [4.69, 9.17) is 5.73 Å². The van der Waals surface area contributed by atoms with Gasteiger partial charge in [-0.05, 0) is 29.7 Å². The fourth-order valence-corrected chi connectivity index (χ4v) is 4.27. The SMILES string of the molecule is NC(=O)[C@H]1Cc2ccccc2CN1CC(=O)N1c2ccccc2NC(=O)C[C@H]1C(F)(F)F. The van der Waals surface area contributed by atoms with Crippen molar-refractivity contribution in [3.8, 4) is 0 Å². The lowest BCUT2D eigenvalue weighted by atomic mass is 9.93. The lowest BCUT2D eigenvalue weighted by Crippen LogP contribution is -2.56. The number of nitrogens with zero attached hydrogens (tertiary/aromatic N) is 2. The number of alkyl halides is 3. The van der Waals surface area contributed by atoms with Gasteiger partial charge in [-0.2, -0.15) is 13.2 Å². The largest absolute Gasteiger partial charge is 0.409 e. The van der Waals surface area contributed by atoms with E-state index in [1.807, 2.05) is 24.3 Å². The zero-order valence-corrected chi connectivity index (χ0v) is 16.9. The van der Waals surface area contributed by atoms with Crippen LogP contribution in [0.3, 0.4) is 0 Å². The number of primary amides is 1. The van der Waals surface area contributed by atoms with Crippen molar-refractivity contribution in [1.82, 2.24) is 4.90 Å². The van der Waals surface area contributed by atoms with Crippen LogP contribution in [0.5, 0.6) is 0 Å². The van der Waals surface area contributed by atoms with Crippen LogP contribution in [0, 0.1) is 0 Å². The highest BCUT2D eigenvalue weighted by molar-refractivity contribution is 6.05. The summed E-state index contributed by atoms with van der Waals surface area (Å²) in [6.45, 7) is -0.268. The molecule has 0 aliphatic carbocycles. The molecule has 0 radical (unpaired) electrons. The van der Waals surface area contributed by atoms with Crippen molar-refractivity contribution in [2.75, 3.05) is 16.8 Å². The molecule has 0 bridgehead atoms. The molecule has 2 aromatic carbocycles. The number of anilines is 2. The van der Waals surface area contributed by atoms with Gasteiger partial charge in [-0.15, -0.1) is 0 Å². The summed E-state index contributed by atoms with van der Waals surface area (Å²) in [5.74, 6) is -2.37. The van der Waals surface area contributed by atoms with Crippen LogP contribution < -0.4 is 16.0 Å². The van der Waals surface area contributed by atoms with Crippen molar-refractivity contribution in [2.24, 2.45) is 5.73 Å². The molecule has 2 aromatic rings. The highest BCUT2D eigenvalue weighted by Crippen LogP contribution is 2.38. The topological polar surface area (TPSA) is 95.7 Å². The molecular formula is C22H21F3N4O3. The van der Waals surface area contributed by atoms with Crippen LogP contribution in [0.1, 0.15) is 17.5 Å². The molecule has 2 heterocycles. The summed E-state index contributed by atoms with van der Waals surface area (Å²) in [6.07, 6.45) is -5.49. The number of carbonyl (C=O) groups excluding carboxylic acids is 3. The van der Waals surface area contributed by atoms with E-state index in [1.54, 1.807) is 6.07 Å². The fraction of sp³-hybridized carbons (Fsp3) is 0.318. The Morgan fingerprint density at radius 2 is 1.69 bits per heavy atom. The first-order valence-electron chi connectivity index (χ1n) is 10.0. The van der Waals surface area contributed by atoms with Gasteiger partial charge in [0.2, 0.25) is 17.7 Å². The third-order valence-corrected chi connectivity index (χ3v) is 5.79. The van der Waals surface area contributed by atoms with Crippen LogP contribution >= 0.6 is 0 Å². The maximum atomic E-state index is 13.9. The molecule has 0 aromatic heterocycles. The highest BCUT2D eigenvalue weighted by atomic mass is 19.4. The molecule has 0 fully saturated rings. The van der Waals surface area contributed by atoms with Crippen molar-refractivity contribution in [3.63, 3.8) is 0 Å². The molecule has 2 atom stereocenters. The Balaban J connectivity index is 1.70. The molecule has 4 rings (SSSR count). The van der Waals surface area contributed by atoms with Gasteiger partial charge in [0.1, 0.15) is 6.04 Å². The number of carbonyl (C=O) groups is 3. The monoisotopic (exact) mass is 446 g/mol. The third-order valence-electron chi connectivity index (χ3n) is 5.79. The molecule has 3 amide bonds. The van der Waals surface area contributed by atoms with Gasteiger partial charge in [-0.3, -0.25) is 24.2 Å². The number of benzene rings is 2. The van der Waals surface area contributed by atoms with Crippen molar-refractivity contribution >= 4 is 29.1 Å². The van der Waals surface area contributed by atoms with E-state index in [9.17, 15) is 27.6 Å². The van der Waals surface area contributed by atoms with Gasteiger partial charge in [0.25, 0.3) is 0 Å². The smallest absolute Gasteiger partial charge is 0.368 e. The van der Waals surface area contributed by atoms with E-state index in [0.29, 0.717) is 4.90 Å².